The van der Waals surface area contributed by atoms with Crippen LogP contribution in [0.4, 0.5) is 0 Å². The van der Waals surface area contributed by atoms with E-state index in [9.17, 15) is 5.11 Å². The van der Waals surface area contributed by atoms with Gasteiger partial charge in [-0.15, -0.1) is 11.8 Å². The number of likely N-dealkylation sites (N-methyl/N-ethyl adjacent to an activating group) is 1. The molecule has 1 aliphatic carbocycles. The summed E-state index contributed by atoms with van der Waals surface area (Å²) in [6.45, 7) is 3.10. The average Bonchev–Trinajstić information content (AvgIpc) is 2.90. The van der Waals surface area contributed by atoms with Crippen LogP contribution >= 0.6 is 11.8 Å². The van der Waals surface area contributed by atoms with Gasteiger partial charge in [0.05, 0.1) is 12.6 Å². The fourth-order valence-electron chi connectivity index (χ4n) is 2.51. The molecule has 2 nitrogen and oxygen atoms in total. The highest BCUT2D eigenvalue weighted by atomic mass is 32.2. The molecular weight excluding hydrogens is 242 g/mol. The second-order valence-electron chi connectivity index (χ2n) is 4.89. The molecule has 1 aromatic carbocycles. The minimum atomic E-state index is 0.0699. The van der Waals surface area contributed by atoms with Crippen molar-refractivity contribution in [3.63, 3.8) is 0 Å². The van der Waals surface area contributed by atoms with Gasteiger partial charge >= 0.3 is 0 Å². The quantitative estimate of drug-likeness (QED) is 0.827. The van der Waals surface area contributed by atoms with Gasteiger partial charge in [0.15, 0.2) is 0 Å². The molecule has 1 aliphatic rings. The Balaban J connectivity index is 1.95. The SMILES string of the molecule is CCNC(CO)c1ccc(SC2CCCC2)cc1. The summed E-state index contributed by atoms with van der Waals surface area (Å²) < 4.78 is 0. The summed E-state index contributed by atoms with van der Waals surface area (Å²) in [6, 6.07) is 8.73. The molecule has 0 heterocycles. The molecule has 0 spiro atoms. The molecule has 0 aromatic heterocycles. The molecule has 1 saturated carbocycles. The van der Waals surface area contributed by atoms with E-state index >= 15 is 0 Å². The van der Waals surface area contributed by atoms with Crippen LogP contribution in [0.15, 0.2) is 29.2 Å². The molecule has 0 saturated heterocycles. The van der Waals surface area contributed by atoms with Gasteiger partial charge in [-0.1, -0.05) is 31.9 Å². The van der Waals surface area contributed by atoms with Gasteiger partial charge in [0, 0.05) is 10.1 Å². The summed E-state index contributed by atoms with van der Waals surface area (Å²) in [4.78, 5) is 1.36. The standard InChI is InChI=1S/C15H23NOS/c1-2-16-15(11-17)12-7-9-14(10-8-12)18-13-5-3-4-6-13/h7-10,13,15-17H,2-6,11H2,1H3. The van der Waals surface area contributed by atoms with Crippen molar-refractivity contribution in [2.24, 2.45) is 0 Å². The van der Waals surface area contributed by atoms with Crippen LogP contribution in [0.25, 0.3) is 0 Å². The first-order valence-electron chi connectivity index (χ1n) is 6.94. The topological polar surface area (TPSA) is 32.3 Å². The van der Waals surface area contributed by atoms with E-state index in [2.05, 4.69) is 36.5 Å². The molecule has 3 heteroatoms. The molecular formula is C15H23NOS. The molecule has 0 amide bonds. The predicted molar refractivity (Wildman–Crippen MR) is 78.1 cm³/mol. The van der Waals surface area contributed by atoms with Crippen molar-refractivity contribution in [3.8, 4) is 0 Å². The molecule has 2 rings (SSSR count). The van der Waals surface area contributed by atoms with Crippen LogP contribution < -0.4 is 5.32 Å². The van der Waals surface area contributed by atoms with Crippen LogP contribution in [0.5, 0.6) is 0 Å². The second-order valence-corrected chi connectivity index (χ2v) is 6.26. The molecule has 0 bridgehead atoms. The van der Waals surface area contributed by atoms with Crippen LogP contribution in [0, 0.1) is 0 Å². The Labute approximate surface area is 114 Å². The van der Waals surface area contributed by atoms with Crippen LogP contribution in [0.1, 0.15) is 44.2 Å². The number of thioether (sulfide) groups is 1. The minimum absolute atomic E-state index is 0.0699. The van der Waals surface area contributed by atoms with E-state index in [0.29, 0.717) is 0 Å². The van der Waals surface area contributed by atoms with E-state index in [1.807, 2.05) is 11.8 Å². The summed E-state index contributed by atoms with van der Waals surface area (Å²) in [5.74, 6) is 0. The third-order valence-corrected chi connectivity index (χ3v) is 4.87. The van der Waals surface area contributed by atoms with Gasteiger partial charge < -0.3 is 10.4 Å². The molecule has 1 aromatic rings. The Hall–Kier alpha value is -0.510. The van der Waals surface area contributed by atoms with Crippen molar-refractivity contribution in [2.75, 3.05) is 13.2 Å². The Kier molecular flexibility index (Phi) is 5.54. The number of hydrogen-bond donors (Lipinski definition) is 2. The predicted octanol–water partition coefficient (Wildman–Crippen LogP) is 3.36. The average molecular weight is 265 g/mol. The number of aliphatic hydroxyl groups is 1. The lowest BCUT2D eigenvalue weighted by atomic mass is 10.1. The van der Waals surface area contributed by atoms with Crippen LogP contribution in [-0.2, 0) is 0 Å². The summed E-state index contributed by atoms with van der Waals surface area (Å²) in [5, 5.41) is 13.4. The Bertz CT molecular complexity index is 346. The third kappa shape index (κ3) is 3.74. The van der Waals surface area contributed by atoms with Crippen molar-refractivity contribution in [1.82, 2.24) is 5.32 Å². The lowest BCUT2D eigenvalue weighted by Gasteiger charge is -2.16. The van der Waals surface area contributed by atoms with Crippen LogP contribution in [0.3, 0.4) is 0 Å². The fourth-order valence-corrected chi connectivity index (χ4v) is 3.76. The van der Waals surface area contributed by atoms with E-state index in [-0.39, 0.29) is 12.6 Å². The largest absolute Gasteiger partial charge is 0.394 e. The van der Waals surface area contributed by atoms with Crippen molar-refractivity contribution in [2.45, 2.75) is 48.8 Å². The van der Waals surface area contributed by atoms with Gasteiger partial charge in [-0.05, 0) is 37.1 Å². The van der Waals surface area contributed by atoms with E-state index < -0.39 is 0 Å². The summed E-state index contributed by atoms with van der Waals surface area (Å²) in [7, 11) is 0. The number of nitrogens with one attached hydrogen (secondary N) is 1. The molecule has 0 aliphatic heterocycles. The monoisotopic (exact) mass is 265 g/mol. The van der Waals surface area contributed by atoms with Crippen molar-refractivity contribution < 1.29 is 5.11 Å². The number of aliphatic hydroxyl groups excluding tert-OH is 1. The highest BCUT2D eigenvalue weighted by Gasteiger charge is 2.16. The van der Waals surface area contributed by atoms with E-state index in [1.165, 1.54) is 36.1 Å². The molecule has 1 unspecified atom stereocenters. The number of rotatable bonds is 6. The number of benzene rings is 1. The van der Waals surface area contributed by atoms with Gasteiger partial charge in [0.1, 0.15) is 0 Å². The van der Waals surface area contributed by atoms with E-state index in [1.54, 1.807) is 0 Å². The van der Waals surface area contributed by atoms with E-state index in [4.69, 9.17) is 0 Å². The highest BCUT2D eigenvalue weighted by molar-refractivity contribution is 8.00. The van der Waals surface area contributed by atoms with Gasteiger partial charge in [0.25, 0.3) is 0 Å². The summed E-state index contributed by atoms with van der Waals surface area (Å²) >= 11 is 2.01. The van der Waals surface area contributed by atoms with Crippen LogP contribution in [0.2, 0.25) is 0 Å². The normalized spacial score (nSPS) is 18.1. The van der Waals surface area contributed by atoms with Crippen molar-refractivity contribution >= 4 is 11.8 Å². The first-order valence-corrected chi connectivity index (χ1v) is 7.82. The molecule has 1 atom stereocenters. The maximum absolute atomic E-state index is 9.34. The Morgan fingerprint density at radius 2 is 1.94 bits per heavy atom. The van der Waals surface area contributed by atoms with Gasteiger partial charge in [-0.3, -0.25) is 0 Å². The maximum atomic E-state index is 9.34. The van der Waals surface area contributed by atoms with Crippen LogP contribution in [-0.4, -0.2) is 23.5 Å². The number of hydrogen-bond acceptors (Lipinski definition) is 3. The minimum Gasteiger partial charge on any atom is -0.394 e. The molecule has 100 valence electrons. The molecule has 18 heavy (non-hydrogen) atoms. The first kappa shape index (κ1) is 13.9. The Morgan fingerprint density at radius 3 is 2.50 bits per heavy atom. The smallest absolute Gasteiger partial charge is 0.0626 e. The maximum Gasteiger partial charge on any atom is 0.0626 e. The van der Waals surface area contributed by atoms with Crippen molar-refractivity contribution in [3.05, 3.63) is 29.8 Å². The first-order chi connectivity index (χ1) is 8.83. The van der Waals surface area contributed by atoms with Gasteiger partial charge in [0.2, 0.25) is 0 Å². The van der Waals surface area contributed by atoms with Crippen molar-refractivity contribution in [1.29, 1.82) is 0 Å². The highest BCUT2D eigenvalue weighted by Crippen LogP contribution is 2.34. The Morgan fingerprint density at radius 1 is 1.28 bits per heavy atom. The second kappa shape index (κ2) is 7.17. The third-order valence-electron chi connectivity index (χ3n) is 3.52. The lowest BCUT2D eigenvalue weighted by Crippen LogP contribution is -2.23. The van der Waals surface area contributed by atoms with E-state index in [0.717, 1.165) is 11.8 Å². The zero-order chi connectivity index (χ0) is 12.8. The molecule has 0 radical (unpaired) electrons. The van der Waals surface area contributed by atoms with Gasteiger partial charge in [-0.25, -0.2) is 0 Å². The zero-order valence-electron chi connectivity index (χ0n) is 11.1. The lowest BCUT2D eigenvalue weighted by molar-refractivity contribution is 0.246. The molecule has 1 fully saturated rings. The fraction of sp³-hybridized carbons (Fsp3) is 0.600. The molecule has 2 N–H and O–H groups in total. The summed E-state index contributed by atoms with van der Waals surface area (Å²) in [5.41, 5.74) is 1.18. The summed E-state index contributed by atoms with van der Waals surface area (Å²) in [6.07, 6.45) is 5.51. The zero-order valence-corrected chi connectivity index (χ0v) is 11.9. The van der Waals surface area contributed by atoms with Gasteiger partial charge in [-0.2, -0.15) is 0 Å².